The molecule has 1 aliphatic heterocycles. The number of amides is 1. The molecule has 0 radical (unpaired) electrons. The summed E-state index contributed by atoms with van der Waals surface area (Å²) in [7, 11) is 0. The maximum atomic E-state index is 13.7. The van der Waals surface area contributed by atoms with Gasteiger partial charge < -0.3 is 14.8 Å². The number of carbonyl (C=O) groups is 1. The van der Waals surface area contributed by atoms with Crippen LogP contribution in [-0.4, -0.2) is 29.3 Å². The summed E-state index contributed by atoms with van der Waals surface area (Å²) in [6.07, 6.45) is 0.188. The van der Waals surface area contributed by atoms with Crippen molar-refractivity contribution in [3.63, 3.8) is 0 Å². The maximum absolute atomic E-state index is 13.7. The van der Waals surface area contributed by atoms with Crippen molar-refractivity contribution in [1.82, 2.24) is 10.2 Å². The fourth-order valence-electron chi connectivity index (χ4n) is 2.62. The molecule has 3 aromatic rings. The summed E-state index contributed by atoms with van der Waals surface area (Å²) >= 11 is 2.64. The Morgan fingerprint density at radius 3 is 2.82 bits per heavy atom. The number of ether oxygens (including phenoxy) is 2. The number of aromatic nitrogens is 2. The Balaban J connectivity index is 1.32. The molecule has 0 saturated carbocycles. The van der Waals surface area contributed by atoms with Gasteiger partial charge in [-0.15, -0.1) is 10.2 Å². The number of hydrogen-bond acceptors (Lipinski definition) is 7. The van der Waals surface area contributed by atoms with Gasteiger partial charge in [-0.1, -0.05) is 47.4 Å². The summed E-state index contributed by atoms with van der Waals surface area (Å²) in [5, 5.41) is 11.2. The predicted octanol–water partition coefficient (Wildman–Crippen LogP) is 3.92. The van der Waals surface area contributed by atoms with Gasteiger partial charge in [0.25, 0.3) is 0 Å². The number of nitrogens with zero attached hydrogens (tertiary/aromatic N) is 2. The van der Waals surface area contributed by atoms with Gasteiger partial charge in [-0.25, -0.2) is 4.39 Å². The van der Waals surface area contributed by atoms with E-state index in [2.05, 4.69) is 15.5 Å². The van der Waals surface area contributed by atoms with Crippen LogP contribution in [0.4, 0.5) is 9.52 Å². The van der Waals surface area contributed by atoms with Crippen molar-refractivity contribution in [2.45, 2.75) is 16.5 Å². The lowest BCUT2D eigenvalue weighted by molar-refractivity contribution is -0.115. The zero-order valence-electron chi connectivity index (χ0n) is 14.7. The molecule has 1 aliphatic rings. The van der Waals surface area contributed by atoms with Crippen molar-refractivity contribution in [3.05, 3.63) is 59.4 Å². The van der Waals surface area contributed by atoms with Gasteiger partial charge in [0.1, 0.15) is 19.0 Å². The fourth-order valence-corrected chi connectivity index (χ4v) is 4.37. The van der Waals surface area contributed by atoms with Crippen LogP contribution < -0.4 is 14.8 Å². The Hall–Kier alpha value is -2.65. The third-order valence-corrected chi connectivity index (χ3v) is 5.95. The van der Waals surface area contributed by atoms with E-state index in [0.717, 1.165) is 5.56 Å². The van der Waals surface area contributed by atoms with Gasteiger partial charge in [-0.05, 0) is 29.3 Å². The number of carbonyl (C=O) groups excluding carboxylic acids is 1. The molecule has 2 heterocycles. The van der Waals surface area contributed by atoms with Crippen LogP contribution >= 0.6 is 23.1 Å². The highest BCUT2D eigenvalue weighted by atomic mass is 32.2. The predicted molar refractivity (Wildman–Crippen MR) is 106 cm³/mol. The van der Waals surface area contributed by atoms with E-state index in [4.69, 9.17) is 9.47 Å². The second-order valence-electron chi connectivity index (χ2n) is 5.96. The number of hydrogen-bond donors (Lipinski definition) is 1. The van der Waals surface area contributed by atoms with Crippen LogP contribution in [0.5, 0.6) is 11.5 Å². The van der Waals surface area contributed by atoms with Crippen molar-refractivity contribution >= 4 is 34.1 Å². The highest BCUT2D eigenvalue weighted by Gasteiger charge is 2.14. The molecule has 9 heteroatoms. The first-order valence-corrected chi connectivity index (χ1v) is 10.4. The molecule has 4 rings (SSSR count). The van der Waals surface area contributed by atoms with Crippen molar-refractivity contribution in [2.75, 3.05) is 18.5 Å². The van der Waals surface area contributed by atoms with Gasteiger partial charge in [0.15, 0.2) is 15.8 Å². The average molecular weight is 417 g/mol. The molecule has 1 aromatic heterocycles. The summed E-state index contributed by atoms with van der Waals surface area (Å²) in [5.74, 6) is 1.35. The van der Waals surface area contributed by atoms with Gasteiger partial charge in [-0.2, -0.15) is 0 Å². The molecular formula is C19H16FN3O3S2. The smallest absolute Gasteiger partial charge is 0.230 e. The molecule has 1 amide bonds. The first-order chi connectivity index (χ1) is 13.7. The fraction of sp³-hybridized carbons (Fsp3) is 0.211. The van der Waals surface area contributed by atoms with Gasteiger partial charge in [0.2, 0.25) is 11.0 Å². The van der Waals surface area contributed by atoms with E-state index >= 15 is 0 Å². The molecule has 0 spiro atoms. The lowest BCUT2D eigenvalue weighted by Crippen LogP contribution is -2.17. The SMILES string of the molecule is O=C(Cc1ccc2c(c1)OCCO2)Nc1nnc(SCc2ccccc2F)s1. The summed E-state index contributed by atoms with van der Waals surface area (Å²) in [6, 6.07) is 12.1. The molecule has 0 aliphatic carbocycles. The van der Waals surface area contributed by atoms with Gasteiger partial charge in [0, 0.05) is 5.75 Å². The normalized spacial score (nSPS) is 12.6. The number of fused-ring (bicyclic) bond motifs is 1. The Kier molecular flexibility index (Phi) is 5.73. The number of rotatable bonds is 6. The van der Waals surface area contributed by atoms with Crippen molar-refractivity contribution in [1.29, 1.82) is 0 Å². The summed E-state index contributed by atoms with van der Waals surface area (Å²) in [4.78, 5) is 12.3. The third kappa shape index (κ3) is 4.60. The molecule has 0 unspecified atom stereocenters. The van der Waals surface area contributed by atoms with Crippen LogP contribution in [0.1, 0.15) is 11.1 Å². The number of nitrogens with one attached hydrogen (secondary N) is 1. The topological polar surface area (TPSA) is 73.3 Å². The van der Waals surface area contributed by atoms with Crippen LogP contribution in [0.3, 0.4) is 0 Å². The monoisotopic (exact) mass is 417 g/mol. The number of halogens is 1. The number of thioether (sulfide) groups is 1. The first kappa shape index (κ1) is 18.7. The average Bonchev–Trinajstić information content (AvgIpc) is 3.14. The molecule has 28 heavy (non-hydrogen) atoms. The van der Waals surface area contributed by atoms with E-state index in [9.17, 15) is 9.18 Å². The van der Waals surface area contributed by atoms with Crippen LogP contribution in [-0.2, 0) is 17.0 Å². The van der Waals surface area contributed by atoms with Crippen LogP contribution in [0.25, 0.3) is 0 Å². The van der Waals surface area contributed by atoms with Gasteiger partial charge in [0.05, 0.1) is 6.42 Å². The minimum absolute atomic E-state index is 0.188. The molecule has 2 aromatic carbocycles. The van der Waals surface area contributed by atoms with E-state index in [-0.39, 0.29) is 18.1 Å². The molecule has 144 valence electrons. The van der Waals surface area contributed by atoms with Crippen molar-refractivity contribution in [3.8, 4) is 11.5 Å². The van der Waals surface area contributed by atoms with Gasteiger partial charge >= 0.3 is 0 Å². The standard InChI is InChI=1S/C19H16FN3O3S2/c20-14-4-2-1-3-13(14)11-27-19-23-22-18(28-19)21-17(24)10-12-5-6-15-16(9-12)26-8-7-25-15/h1-6,9H,7-8,10-11H2,(H,21,22,24). The second-order valence-corrected chi connectivity index (χ2v) is 8.16. The summed E-state index contributed by atoms with van der Waals surface area (Å²) in [5.41, 5.74) is 1.42. The van der Waals surface area contributed by atoms with Crippen molar-refractivity contribution < 1.29 is 18.7 Å². The quantitative estimate of drug-likeness (QED) is 0.484. The minimum Gasteiger partial charge on any atom is -0.486 e. The second kappa shape index (κ2) is 8.57. The molecule has 0 saturated heterocycles. The zero-order chi connectivity index (χ0) is 19.3. The number of anilines is 1. The number of benzene rings is 2. The van der Waals surface area contributed by atoms with E-state index in [1.807, 2.05) is 12.1 Å². The van der Waals surface area contributed by atoms with Crippen LogP contribution in [0.2, 0.25) is 0 Å². The molecule has 0 fully saturated rings. The molecule has 0 bridgehead atoms. The van der Waals surface area contributed by atoms with E-state index < -0.39 is 0 Å². The highest BCUT2D eigenvalue weighted by Crippen LogP contribution is 2.31. The Bertz CT molecular complexity index is 996. The molecule has 6 nitrogen and oxygen atoms in total. The molecule has 1 N–H and O–H groups in total. The largest absolute Gasteiger partial charge is 0.486 e. The molecule has 0 atom stereocenters. The van der Waals surface area contributed by atoms with Crippen LogP contribution in [0, 0.1) is 5.82 Å². The Labute approximate surface area is 169 Å². The van der Waals surface area contributed by atoms with E-state index in [1.54, 1.807) is 24.3 Å². The van der Waals surface area contributed by atoms with E-state index in [1.165, 1.54) is 29.2 Å². The lowest BCUT2D eigenvalue weighted by atomic mass is 10.1. The lowest BCUT2D eigenvalue weighted by Gasteiger charge is -2.18. The minimum atomic E-state index is -0.243. The summed E-state index contributed by atoms with van der Waals surface area (Å²) in [6.45, 7) is 1.03. The zero-order valence-corrected chi connectivity index (χ0v) is 16.3. The summed E-state index contributed by atoms with van der Waals surface area (Å²) < 4.78 is 25.3. The highest BCUT2D eigenvalue weighted by molar-refractivity contribution is 8.00. The van der Waals surface area contributed by atoms with Gasteiger partial charge in [-0.3, -0.25) is 4.79 Å². The van der Waals surface area contributed by atoms with Crippen LogP contribution in [0.15, 0.2) is 46.8 Å². The first-order valence-electron chi connectivity index (χ1n) is 8.55. The maximum Gasteiger partial charge on any atom is 0.230 e. The third-order valence-electron chi connectivity index (χ3n) is 3.93. The van der Waals surface area contributed by atoms with Crippen molar-refractivity contribution in [2.24, 2.45) is 0 Å². The Morgan fingerprint density at radius 2 is 1.96 bits per heavy atom. The Morgan fingerprint density at radius 1 is 1.14 bits per heavy atom. The molecular weight excluding hydrogens is 401 g/mol. The van der Waals surface area contributed by atoms with E-state index in [0.29, 0.717) is 45.5 Å².